The maximum absolute atomic E-state index is 12.1. The van der Waals surface area contributed by atoms with Crippen LogP contribution in [-0.4, -0.2) is 15.7 Å². The van der Waals surface area contributed by atoms with Crippen molar-refractivity contribution >= 4 is 5.91 Å². The molecule has 2 atom stereocenters. The monoisotopic (exact) mass is 269 g/mol. The average molecular weight is 269 g/mol. The minimum atomic E-state index is 0.130. The van der Waals surface area contributed by atoms with E-state index in [1.165, 1.54) is 5.56 Å². The molecule has 1 saturated carbocycles. The number of carbonyl (C=O) groups excluding carboxylic acids is 1. The number of benzene rings is 1. The Bertz CT molecular complexity index is 591. The Hall–Kier alpha value is -2.10. The first-order valence-electron chi connectivity index (χ1n) is 7.13. The summed E-state index contributed by atoms with van der Waals surface area (Å²) in [6.45, 7) is 3.42. The number of aryl methyl sites for hydroxylation is 1. The number of aromatic nitrogens is 2. The van der Waals surface area contributed by atoms with E-state index in [1.54, 1.807) is 0 Å². The SMILES string of the molecule is CCn1ccc(CNC(=O)C2CC2c2ccccc2)n1. The van der Waals surface area contributed by atoms with Crippen LogP contribution in [-0.2, 0) is 17.9 Å². The van der Waals surface area contributed by atoms with Gasteiger partial charge in [0.05, 0.1) is 12.2 Å². The molecule has 0 spiro atoms. The van der Waals surface area contributed by atoms with Gasteiger partial charge in [0.15, 0.2) is 0 Å². The molecular weight excluding hydrogens is 250 g/mol. The second-order valence-corrected chi connectivity index (χ2v) is 5.24. The molecule has 1 aliphatic carbocycles. The fourth-order valence-corrected chi connectivity index (χ4v) is 2.54. The lowest BCUT2D eigenvalue weighted by atomic mass is 10.1. The number of hydrogen-bond donors (Lipinski definition) is 1. The van der Waals surface area contributed by atoms with Crippen LogP contribution in [0, 0.1) is 5.92 Å². The predicted octanol–water partition coefficient (Wildman–Crippen LogP) is 2.32. The minimum Gasteiger partial charge on any atom is -0.350 e. The molecule has 2 unspecified atom stereocenters. The van der Waals surface area contributed by atoms with Crippen molar-refractivity contribution in [3.8, 4) is 0 Å². The highest BCUT2D eigenvalue weighted by molar-refractivity contribution is 5.82. The molecule has 1 N–H and O–H groups in total. The third-order valence-corrected chi connectivity index (χ3v) is 3.82. The van der Waals surface area contributed by atoms with Gasteiger partial charge < -0.3 is 5.32 Å². The molecule has 3 rings (SSSR count). The summed E-state index contributed by atoms with van der Waals surface area (Å²) in [4.78, 5) is 12.1. The molecule has 1 aliphatic rings. The van der Waals surface area contributed by atoms with Gasteiger partial charge in [-0.05, 0) is 30.9 Å². The first-order chi connectivity index (χ1) is 9.78. The lowest BCUT2D eigenvalue weighted by Crippen LogP contribution is -2.25. The molecule has 104 valence electrons. The van der Waals surface area contributed by atoms with Gasteiger partial charge in [0.2, 0.25) is 5.91 Å². The topological polar surface area (TPSA) is 46.9 Å². The van der Waals surface area contributed by atoms with Crippen molar-refractivity contribution in [1.29, 1.82) is 0 Å². The number of rotatable bonds is 5. The standard InChI is InChI=1S/C16H19N3O/c1-2-19-9-8-13(18-19)11-17-16(20)15-10-14(15)12-6-4-3-5-7-12/h3-9,14-15H,2,10-11H2,1H3,(H,17,20). The Kier molecular flexibility index (Phi) is 3.54. The Morgan fingerprint density at radius 3 is 2.85 bits per heavy atom. The van der Waals surface area contributed by atoms with Crippen molar-refractivity contribution in [2.24, 2.45) is 5.92 Å². The van der Waals surface area contributed by atoms with Crippen LogP contribution >= 0.6 is 0 Å². The quantitative estimate of drug-likeness (QED) is 0.905. The molecule has 1 amide bonds. The predicted molar refractivity (Wildman–Crippen MR) is 77.0 cm³/mol. The summed E-state index contributed by atoms with van der Waals surface area (Å²) < 4.78 is 1.87. The van der Waals surface area contributed by atoms with Crippen LogP contribution in [0.25, 0.3) is 0 Å². The van der Waals surface area contributed by atoms with E-state index in [0.717, 1.165) is 18.7 Å². The Morgan fingerprint density at radius 1 is 1.35 bits per heavy atom. The van der Waals surface area contributed by atoms with E-state index in [9.17, 15) is 4.79 Å². The summed E-state index contributed by atoms with van der Waals surface area (Å²) in [6, 6.07) is 12.2. The zero-order chi connectivity index (χ0) is 13.9. The molecule has 2 aromatic rings. The zero-order valence-electron chi connectivity index (χ0n) is 11.6. The molecule has 4 nitrogen and oxygen atoms in total. The van der Waals surface area contributed by atoms with Gasteiger partial charge >= 0.3 is 0 Å². The van der Waals surface area contributed by atoms with Crippen molar-refractivity contribution < 1.29 is 4.79 Å². The lowest BCUT2D eigenvalue weighted by Gasteiger charge is -2.03. The molecule has 1 aromatic carbocycles. The first-order valence-corrected chi connectivity index (χ1v) is 7.13. The average Bonchev–Trinajstić information content (AvgIpc) is 3.17. The number of nitrogens with zero attached hydrogens (tertiary/aromatic N) is 2. The zero-order valence-corrected chi connectivity index (χ0v) is 11.6. The Labute approximate surface area is 118 Å². The third-order valence-electron chi connectivity index (χ3n) is 3.82. The molecule has 1 aromatic heterocycles. The molecule has 0 saturated heterocycles. The smallest absolute Gasteiger partial charge is 0.224 e. The summed E-state index contributed by atoms with van der Waals surface area (Å²) in [5, 5.41) is 7.34. The molecule has 20 heavy (non-hydrogen) atoms. The fourth-order valence-electron chi connectivity index (χ4n) is 2.54. The Balaban J connectivity index is 1.51. The van der Waals surface area contributed by atoms with Crippen LogP contribution in [0.2, 0.25) is 0 Å². The van der Waals surface area contributed by atoms with Gasteiger partial charge in [0.1, 0.15) is 0 Å². The number of amides is 1. The minimum absolute atomic E-state index is 0.130. The van der Waals surface area contributed by atoms with Gasteiger partial charge in [0, 0.05) is 18.7 Å². The molecule has 0 bridgehead atoms. The largest absolute Gasteiger partial charge is 0.350 e. The molecule has 0 radical (unpaired) electrons. The lowest BCUT2D eigenvalue weighted by molar-refractivity contribution is -0.122. The summed E-state index contributed by atoms with van der Waals surface area (Å²) in [7, 11) is 0. The summed E-state index contributed by atoms with van der Waals surface area (Å²) in [6.07, 6.45) is 2.89. The van der Waals surface area contributed by atoms with Gasteiger partial charge in [-0.1, -0.05) is 30.3 Å². The van der Waals surface area contributed by atoms with Crippen LogP contribution < -0.4 is 5.32 Å². The first kappa shape index (κ1) is 12.9. The van der Waals surface area contributed by atoms with E-state index in [2.05, 4.69) is 22.5 Å². The van der Waals surface area contributed by atoms with Crippen LogP contribution in [0.1, 0.15) is 30.5 Å². The Morgan fingerprint density at radius 2 is 2.15 bits per heavy atom. The van der Waals surface area contributed by atoms with Crippen molar-refractivity contribution in [2.75, 3.05) is 0 Å². The highest BCUT2D eigenvalue weighted by atomic mass is 16.2. The van der Waals surface area contributed by atoms with Crippen LogP contribution in [0.4, 0.5) is 0 Å². The molecule has 1 fully saturated rings. The molecule has 0 aliphatic heterocycles. The van der Waals surface area contributed by atoms with Crippen molar-refractivity contribution in [3.63, 3.8) is 0 Å². The second kappa shape index (κ2) is 5.49. The van der Waals surface area contributed by atoms with E-state index in [4.69, 9.17) is 0 Å². The molecular formula is C16H19N3O. The van der Waals surface area contributed by atoms with Gasteiger partial charge in [-0.25, -0.2) is 0 Å². The number of nitrogens with one attached hydrogen (secondary N) is 1. The highest BCUT2D eigenvalue weighted by Gasteiger charge is 2.43. The summed E-state index contributed by atoms with van der Waals surface area (Å²) in [5.41, 5.74) is 2.18. The fraction of sp³-hybridized carbons (Fsp3) is 0.375. The van der Waals surface area contributed by atoms with Crippen LogP contribution in [0.3, 0.4) is 0 Å². The van der Waals surface area contributed by atoms with Crippen LogP contribution in [0.5, 0.6) is 0 Å². The van der Waals surface area contributed by atoms with E-state index >= 15 is 0 Å². The van der Waals surface area contributed by atoms with Crippen molar-refractivity contribution in [3.05, 3.63) is 53.9 Å². The van der Waals surface area contributed by atoms with Crippen LogP contribution in [0.15, 0.2) is 42.6 Å². The second-order valence-electron chi connectivity index (χ2n) is 5.24. The van der Waals surface area contributed by atoms with Crippen molar-refractivity contribution in [1.82, 2.24) is 15.1 Å². The van der Waals surface area contributed by atoms with Gasteiger partial charge in [-0.15, -0.1) is 0 Å². The normalized spacial score (nSPS) is 20.6. The van der Waals surface area contributed by atoms with E-state index in [-0.39, 0.29) is 11.8 Å². The maximum Gasteiger partial charge on any atom is 0.224 e. The van der Waals surface area contributed by atoms with Gasteiger partial charge in [0.25, 0.3) is 0 Å². The maximum atomic E-state index is 12.1. The van der Waals surface area contributed by atoms with E-state index < -0.39 is 0 Å². The number of carbonyl (C=O) groups is 1. The molecule has 1 heterocycles. The highest BCUT2D eigenvalue weighted by Crippen LogP contribution is 2.47. The van der Waals surface area contributed by atoms with Gasteiger partial charge in [-0.2, -0.15) is 5.10 Å². The van der Waals surface area contributed by atoms with E-state index in [0.29, 0.717) is 12.5 Å². The van der Waals surface area contributed by atoms with Gasteiger partial charge in [-0.3, -0.25) is 9.48 Å². The summed E-state index contributed by atoms with van der Waals surface area (Å²) >= 11 is 0. The summed E-state index contributed by atoms with van der Waals surface area (Å²) in [5.74, 6) is 0.667. The van der Waals surface area contributed by atoms with E-state index in [1.807, 2.05) is 42.1 Å². The third kappa shape index (κ3) is 2.74. The van der Waals surface area contributed by atoms with Crippen molar-refractivity contribution in [2.45, 2.75) is 32.4 Å². The molecule has 4 heteroatoms. The number of hydrogen-bond acceptors (Lipinski definition) is 2.